The summed E-state index contributed by atoms with van der Waals surface area (Å²) in [5.74, 6) is 0.676. The largest absolute Gasteiger partial charge is 0.308 e. The van der Waals surface area contributed by atoms with E-state index in [1.54, 1.807) is 11.3 Å². The van der Waals surface area contributed by atoms with Gasteiger partial charge in [0.1, 0.15) is 0 Å². The molecular formula is C50H28N4S. The van der Waals surface area contributed by atoms with Gasteiger partial charge in [0.2, 0.25) is 5.95 Å². The first-order valence-electron chi connectivity index (χ1n) is 18.7. The molecule has 0 aliphatic carbocycles. The Bertz CT molecular complexity index is 3700. The predicted molar refractivity (Wildman–Crippen MR) is 232 cm³/mol. The number of aromatic nitrogens is 4. The zero-order valence-corrected chi connectivity index (χ0v) is 30.2. The third-order valence-corrected chi connectivity index (χ3v) is 12.8. The Kier molecular flexibility index (Phi) is 5.74. The maximum Gasteiger partial charge on any atom is 0.235 e. The molecule has 0 aliphatic heterocycles. The summed E-state index contributed by atoms with van der Waals surface area (Å²) in [6.45, 7) is 0. The van der Waals surface area contributed by atoms with E-state index in [-0.39, 0.29) is 0 Å². The molecule has 0 atom stereocenters. The summed E-state index contributed by atoms with van der Waals surface area (Å²) in [6.07, 6.45) is 0. The minimum absolute atomic E-state index is 0.676. The van der Waals surface area contributed by atoms with Gasteiger partial charge in [-0.15, -0.1) is 11.3 Å². The van der Waals surface area contributed by atoms with E-state index < -0.39 is 0 Å². The van der Waals surface area contributed by atoms with Crippen LogP contribution in [0.15, 0.2) is 170 Å². The van der Waals surface area contributed by atoms with Crippen LogP contribution in [-0.2, 0) is 0 Å². The number of thiophene rings is 1. The second kappa shape index (κ2) is 10.8. The van der Waals surface area contributed by atoms with Gasteiger partial charge in [-0.1, -0.05) is 140 Å². The average molecular weight is 717 g/mol. The maximum atomic E-state index is 5.59. The molecule has 0 fully saturated rings. The maximum absolute atomic E-state index is 5.59. The molecule has 0 saturated carbocycles. The second-order valence-electron chi connectivity index (χ2n) is 14.5. The average Bonchev–Trinajstić information content (AvgIpc) is 3.99. The van der Waals surface area contributed by atoms with E-state index in [9.17, 15) is 0 Å². The van der Waals surface area contributed by atoms with E-state index >= 15 is 0 Å². The van der Waals surface area contributed by atoms with Gasteiger partial charge < -0.3 is 4.40 Å². The lowest BCUT2D eigenvalue weighted by Gasteiger charge is -2.11. The number of fused-ring (bicyclic) bond motifs is 15. The zero-order valence-electron chi connectivity index (χ0n) is 29.4. The second-order valence-corrected chi connectivity index (χ2v) is 15.6. The van der Waals surface area contributed by atoms with Crippen LogP contribution in [0.3, 0.4) is 0 Å². The van der Waals surface area contributed by atoms with Crippen molar-refractivity contribution in [1.82, 2.24) is 18.9 Å². The van der Waals surface area contributed by atoms with Gasteiger partial charge in [-0.25, -0.2) is 9.97 Å². The molecule has 5 heteroatoms. The van der Waals surface area contributed by atoms with Crippen molar-refractivity contribution < 1.29 is 0 Å². The van der Waals surface area contributed by atoms with Crippen LogP contribution in [-0.4, -0.2) is 18.9 Å². The number of para-hydroxylation sites is 2. The quantitative estimate of drug-likeness (QED) is 0.182. The summed E-state index contributed by atoms with van der Waals surface area (Å²) in [5.41, 5.74) is 11.3. The van der Waals surface area contributed by atoms with Gasteiger partial charge in [0.05, 0.1) is 43.5 Å². The number of nitrogens with zero attached hydrogens (tertiary/aromatic N) is 4. The molecule has 5 heterocycles. The first-order chi connectivity index (χ1) is 27.3. The van der Waals surface area contributed by atoms with Crippen LogP contribution in [0.5, 0.6) is 0 Å². The smallest absolute Gasteiger partial charge is 0.235 e. The van der Waals surface area contributed by atoms with Crippen LogP contribution >= 0.6 is 11.3 Å². The summed E-state index contributed by atoms with van der Waals surface area (Å²) >= 11 is 1.77. The standard InChI is InChI=1S/C50H28N4S/c1-2-12-29(13-3-1)30-22-24-32(25-23-30)46-49-47(36-18-8-11-21-42(36)55-49)52-50(51-46)54-40-27-26-31-14-4-5-15-33(31)43(40)45-41(54)28-37-34-16-6-9-19-38(34)53-39-20-10-7-17-35(39)44(45)48(37)53/h1-28H. The molecule has 0 saturated heterocycles. The fraction of sp³-hybridized carbons (Fsp3) is 0. The van der Waals surface area contributed by atoms with Crippen molar-refractivity contribution in [3.63, 3.8) is 0 Å². The van der Waals surface area contributed by atoms with Crippen molar-refractivity contribution >= 4 is 102 Å². The molecule has 4 nitrogen and oxygen atoms in total. The summed E-state index contributed by atoms with van der Waals surface area (Å²) in [7, 11) is 0. The van der Waals surface area contributed by atoms with Gasteiger partial charge in [0.15, 0.2) is 0 Å². The monoisotopic (exact) mass is 716 g/mol. The molecule has 0 bridgehead atoms. The Morgan fingerprint density at radius 3 is 1.91 bits per heavy atom. The summed E-state index contributed by atoms with van der Waals surface area (Å²) in [5, 5.41) is 11.1. The zero-order chi connectivity index (χ0) is 35.8. The first kappa shape index (κ1) is 29.4. The molecule has 0 unspecified atom stereocenters. The van der Waals surface area contributed by atoms with E-state index in [4.69, 9.17) is 9.97 Å². The highest BCUT2D eigenvalue weighted by Crippen LogP contribution is 2.48. The Hall–Kier alpha value is -7.08. The lowest BCUT2D eigenvalue weighted by Crippen LogP contribution is -2.02. The van der Waals surface area contributed by atoms with Crippen molar-refractivity contribution in [2.45, 2.75) is 0 Å². The number of hydrogen-bond donors (Lipinski definition) is 0. The predicted octanol–water partition coefficient (Wildman–Crippen LogP) is 13.6. The molecule has 0 amide bonds. The first-order valence-corrected chi connectivity index (χ1v) is 19.5. The van der Waals surface area contributed by atoms with Crippen LogP contribution in [0, 0.1) is 0 Å². The topological polar surface area (TPSA) is 35.1 Å². The van der Waals surface area contributed by atoms with E-state index in [1.807, 2.05) is 0 Å². The van der Waals surface area contributed by atoms with Crippen molar-refractivity contribution in [1.29, 1.82) is 0 Å². The minimum atomic E-state index is 0.676. The normalized spacial score (nSPS) is 12.4. The summed E-state index contributed by atoms with van der Waals surface area (Å²) < 4.78 is 7.12. The number of benzene rings is 8. The fourth-order valence-corrected chi connectivity index (χ4v) is 10.5. The molecule has 0 aliphatic rings. The number of rotatable bonds is 3. The van der Waals surface area contributed by atoms with Gasteiger partial charge in [-0.05, 0) is 52.2 Å². The number of hydrogen-bond acceptors (Lipinski definition) is 3. The van der Waals surface area contributed by atoms with Crippen LogP contribution in [0.1, 0.15) is 0 Å². The summed E-state index contributed by atoms with van der Waals surface area (Å²) in [4.78, 5) is 11.1. The minimum Gasteiger partial charge on any atom is -0.308 e. The van der Waals surface area contributed by atoms with E-state index in [2.05, 4.69) is 179 Å². The van der Waals surface area contributed by atoms with E-state index in [1.165, 1.54) is 75.5 Å². The lowest BCUT2D eigenvalue weighted by atomic mass is 9.99. The van der Waals surface area contributed by atoms with Gasteiger partial charge in [-0.2, -0.15) is 0 Å². The molecule has 5 aromatic heterocycles. The van der Waals surface area contributed by atoms with Crippen molar-refractivity contribution in [2.24, 2.45) is 0 Å². The third-order valence-electron chi connectivity index (χ3n) is 11.7. The van der Waals surface area contributed by atoms with Gasteiger partial charge in [0, 0.05) is 48.0 Å². The van der Waals surface area contributed by atoms with Crippen LogP contribution in [0.4, 0.5) is 0 Å². The molecule has 13 rings (SSSR count). The van der Waals surface area contributed by atoms with Gasteiger partial charge in [-0.3, -0.25) is 4.57 Å². The van der Waals surface area contributed by atoms with Crippen LogP contribution in [0.2, 0.25) is 0 Å². The molecule has 55 heavy (non-hydrogen) atoms. The SMILES string of the molecule is c1ccc(-c2ccc(-c3nc(-n4c5ccc6ccccc6c5c5c6c7ccccc7n7c8ccccc8c(cc54)c67)nc4c3sc3ccccc34)cc2)cc1. The lowest BCUT2D eigenvalue weighted by molar-refractivity contribution is 1.02. The highest BCUT2D eigenvalue weighted by Gasteiger charge is 2.26. The molecule has 0 radical (unpaired) electrons. The van der Waals surface area contributed by atoms with Crippen molar-refractivity contribution in [3.05, 3.63) is 170 Å². The van der Waals surface area contributed by atoms with E-state index in [0.717, 1.165) is 37.9 Å². The highest BCUT2D eigenvalue weighted by atomic mass is 32.1. The molecule has 8 aromatic carbocycles. The Morgan fingerprint density at radius 1 is 0.418 bits per heavy atom. The molecule has 0 N–H and O–H groups in total. The Labute approximate surface area is 318 Å². The van der Waals surface area contributed by atoms with Crippen molar-refractivity contribution in [2.75, 3.05) is 0 Å². The Morgan fingerprint density at radius 2 is 1.07 bits per heavy atom. The fourth-order valence-electron chi connectivity index (χ4n) is 9.31. The van der Waals surface area contributed by atoms with Gasteiger partial charge >= 0.3 is 0 Å². The van der Waals surface area contributed by atoms with Gasteiger partial charge in [0.25, 0.3) is 0 Å². The molecule has 0 spiro atoms. The molecule has 13 aromatic rings. The van der Waals surface area contributed by atoms with E-state index in [0.29, 0.717) is 5.95 Å². The molecule has 254 valence electrons. The Balaban J connectivity index is 1.21. The van der Waals surface area contributed by atoms with Crippen molar-refractivity contribution in [3.8, 4) is 28.3 Å². The van der Waals surface area contributed by atoms with Crippen LogP contribution in [0.25, 0.3) is 119 Å². The highest BCUT2D eigenvalue weighted by molar-refractivity contribution is 7.26. The summed E-state index contributed by atoms with van der Waals surface area (Å²) in [6, 6.07) is 61.4. The third kappa shape index (κ3) is 3.89. The van der Waals surface area contributed by atoms with Crippen LogP contribution < -0.4 is 0 Å². The molecular weight excluding hydrogens is 689 g/mol.